The second-order valence-electron chi connectivity index (χ2n) is 5.67. The van der Waals surface area contributed by atoms with Crippen LogP contribution in [0.15, 0.2) is 66.7 Å². The zero-order valence-corrected chi connectivity index (χ0v) is 14.1. The van der Waals surface area contributed by atoms with E-state index < -0.39 is 12.1 Å². The smallest absolute Gasteiger partial charge is 0.339 e. The summed E-state index contributed by atoms with van der Waals surface area (Å²) in [5, 5.41) is 1.75. The van der Waals surface area contributed by atoms with Crippen LogP contribution >= 0.6 is 0 Å². The lowest BCUT2D eigenvalue weighted by atomic mass is 10.0. The van der Waals surface area contributed by atoms with E-state index in [-0.39, 0.29) is 5.78 Å². The summed E-state index contributed by atoms with van der Waals surface area (Å²) < 4.78 is 10.5. The van der Waals surface area contributed by atoms with Crippen molar-refractivity contribution in [2.75, 3.05) is 7.11 Å². The summed E-state index contributed by atoms with van der Waals surface area (Å²) in [4.78, 5) is 25.0. The maximum atomic E-state index is 12.5. The van der Waals surface area contributed by atoms with Crippen LogP contribution in [0.1, 0.15) is 27.6 Å². The second kappa shape index (κ2) is 7.18. The van der Waals surface area contributed by atoms with Gasteiger partial charge < -0.3 is 9.47 Å². The largest absolute Gasteiger partial charge is 0.497 e. The first-order valence-corrected chi connectivity index (χ1v) is 7.97. The predicted molar refractivity (Wildman–Crippen MR) is 96.2 cm³/mol. The third kappa shape index (κ3) is 3.53. The predicted octanol–water partition coefficient (Wildman–Crippen LogP) is 4.28. The molecular formula is C21H18O4. The molecule has 0 spiro atoms. The average Bonchev–Trinajstić information content (AvgIpc) is 2.66. The Kier molecular flexibility index (Phi) is 4.80. The first-order valence-electron chi connectivity index (χ1n) is 7.97. The van der Waals surface area contributed by atoms with Gasteiger partial charge in [-0.05, 0) is 48.0 Å². The van der Waals surface area contributed by atoms with Gasteiger partial charge in [0.2, 0.25) is 5.78 Å². The highest BCUT2D eigenvalue weighted by atomic mass is 16.5. The van der Waals surface area contributed by atoms with Crippen molar-refractivity contribution >= 4 is 22.5 Å². The number of hydrogen-bond donors (Lipinski definition) is 0. The van der Waals surface area contributed by atoms with Crippen molar-refractivity contribution in [3.8, 4) is 5.75 Å². The standard InChI is InChI=1S/C21H18O4/c1-14(20(22)16-10-12-17(24-2)13-11-16)25-21(23)19-9-5-7-15-6-3-4-8-18(15)19/h3-14H,1-2H3/t14-/m1/s1. The maximum absolute atomic E-state index is 12.5. The molecule has 0 aliphatic heterocycles. The minimum atomic E-state index is -0.875. The van der Waals surface area contributed by atoms with Crippen LogP contribution < -0.4 is 4.74 Å². The van der Waals surface area contributed by atoms with Crippen LogP contribution in [0.2, 0.25) is 0 Å². The molecule has 0 aliphatic rings. The SMILES string of the molecule is COc1ccc(C(=O)[C@@H](C)OC(=O)c2cccc3ccccc23)cc1. The van der Waals surface area contributed by atoms with E-state index in [1.807, 2.05) is 30.3 Å². The van der Waals surface area contributed by atoms with Gasteiger partial charge in [0.15, 0.2) is 6.10 Å². The minimum absolute atomic E-state index is 0.253. The molecule has 3 aromatic rings. The molecule has 0 aromatic heterocycles. The highest BCUT2D eigenvalue weighted by Gasteiger charge is 2.21. The lowest BCUT2D eigenvalue weighted by Gasteiger charge is -2.13. The van der Waals surface area contributed by atoms with E-state index in [1.165, 1.54) is 0 Å². The van der Waals surface area contributed by atoms with E-state index in [1.54, 1.807) is 50.4 Å². The number of hydrogen-bond acceptors (Lipinski definition) is 4. The number of ketones is 1. The average molecular weight is 334 g/mol. The van der Waals surface area contributed by atoms with Gasteiger partial charge in [-0.15, -0.1) is 0 Å². The number of Topliss-reactive ketones (excluding diaryl/α,β-unsaturated/α-hetero) is 1. The molecule has 3 rings (SSSR count). The summed E-state index contributed by atoms with van der Waals surface area (Å²) in [6.45, 7) is 1.58. The fourth-order valence-electron chi connectivity index (χ4n) is 2.67. The van der Waals surface area contributed by atoms with E-state index >= 15 is 0 Å². The molecule has 126 valence electrons. The molecule has 0 fully saturated rings. The molecule has 4 nitrogen and oxygen atoms in total. The lowest BCUT2D eigenvalue weighted by Crippen LogP contribution is -2.24. The molecular weight excluding hydrogens is 316 g/mol. The van der Waals surface area contributed by atoms with E-state index in [9.17, 15) is 9.59 Å². The number of esters is 1. The highest BCUT2D eigenvalue weighted by molar-refractivity contribution is 6.06. The molecule has 25 heavy (non-hydrogen) atoms. The van der Waals surface area contributed by atoms with Crippen LogP contribution in [0.4, 0.5) is 0 Å². The fraction of sp³-hybridized carbons (Fsp3) is 0.143. The molecule has 0 amide bonds. The van der Waals surface area contributed by atoms with Gasteiger partial charge in [-0.2, -0.15) is 0 Å². The van der Waals surface area contributed by atoms with E-state index in [4.69, 9.17) is 9.47 Å². The topological polar surface area (TPSA) is 52.6 Å². The zero-order valence-electron chi connectivity index (χ0n) is 14.1. The Balaban J connectivity index is 1.78. The van der Waals surface area contributed by atoms with Crippen LogP contribution in [-0.2, 0) is 4.74 Å². The normalized spacial score (nSPS) is 11.8. The Hall–Kier alpha value is -3.14. The molecule has 0 radical (unpaired) electrons. The second-order valence-corrected chi connectivity index (χ2v) is 5.67. The number of carbonyl (C=O) groups is 2. The van der Waals surface area contributed by atoms with Crippen molar-refractivity contribution in [2.45, 2.75) is 13.0 Å². The van der Waals surface area contributed by atoms with Crippen LogP contribution in [0.5, 0.6) is 5.75 Å². The van der Waals surface area contributed by atoms with Crippen molar-refractivity contribution in [1.29, 1.82) is 0 Å². The Bertz CT molecular complexity index is 907. The Morgan fingerprint density at radius 2 is 1.56 bits per heavy atom. The van der Waals surface area contributed by atoms with Crippen molar-refractivity contribution in [1.82, 2.24) is 0 Å². The third-order valence-corrected chi connectivity index (χ3v) is 4.04. The van der Waals surface area contributed by atoms with Crippen LogP contribution in [-0.4, -0.2) is 25.0 Å². The summed E-state index contributed by atoms with van der Waals surface area (Å²) in [6.07, 6.45) is -0.875. The molecule has 0 aliphatic carbocycles. The van der Waals surface area contributed by atoms with E-state index in [0.29, 0.717) is 16.9 Å². The molecule has 3 aromatic carbocycles. The fourth-order valence-corrected chi connectivity index (χ4v) is 2.67. The third-order valence-electron chi connectivity index (χ3n) is 4.04. The van der Waals surface area contributed by atoms with Gasteiger partial charge in [-0.3, -0.25) is 4.79 Å². The summed E-state index contributed by atoms with van der Waals surface area (Å²) in [6, 6.07) is 19.7. The van der Waals surface area contributed by atoms with Gasteiger partial charge in [0.1, 0.15) is 5.75 Å². The Morgan fingerprint density at radius 1 is 0.880 bits per heavy atom. The quantitative estimate of drug-likeness (QED) is 0.516. The van der Waals surface area contributed by atoms with Gasteiger partial charge in [-0.25, -0.2) is 4.79 Å². The molecule has 0 unspecified atom stereocenters. The number of benzene rings is 3. The molecule has 0 bridgehead atoms. The Morgan fingerprint density at radius 3 is 2.28 bits per heavy atom. The van der Waals surface area contributed by atoms with E-state index in [0.717, 1.165) is 10.8 Å². The number of rotatable bonds is 5. The summed E-state index contributed by atoms with van der Waals surface area (Å²) in [5.74, 6) is -0.0978. The van der Waals surface area contributed by atoms with Crippen LogP contribution in [0, 0.1) is 0 Å². The van der Waals surface area contributed by atoms with E-state index in [2.05, 4.69) is 0 Å². The van der Waals surface area contributed by atoms with Crippen molar-refractivity contribution in [3.05, 3.63) is 77.9 Å². The lowest BCUT2D eigenvalue weighted by molar-refractivity contribution is 0.0320. The monoisotopic (exact) mass is 334 g/mol. The number of fused-ring (bicyclic) bond motifs is 1. The van der Waals surface area contributed by atoms with Crippen LogP contribution in [0.3, 0.4) is 0 Å². The summed E-state index contributed by atoms with van der Waals surface area (Å²) >= 11 is 0. The number of methoxy groups -OCH3 is 1. The Labute approximate surface area is 146 Å². The van der Waals surface area contributed by atoms with Gasteiger partial charge in [-0.1, -0.05) is 36.4 Å². The number of ether oxygens (including phenoxy) is 2. The summed E-state index contributed by atoms with van der Waals surface area (Å²) in [7, 11) is 1.56. The molecule has 0 saturated heterocycles. The molecule has 4 heteroatoms. The van der Waals surface area contributed by atoms with Crippen molar-refractivity contribution < 1.29 is 19.1 Å². The highest BCUT2D eigenvalue weighted by Crippen LogP contribution is 2.20. The van der Waals surface area contributed by atoms with Gasteiger partial charge in [0.05, 0.1) is 12.7 Å². The minimum Gasteiger partial charge on any atom is -0.497 e. The van der Waals surface area contributed by atoms with Gasteiger partial charge >= 0.3 is 5.97 Å². The maximum Gasteiger partial charge on any atom is 0.339 e. The first kappa shape index (κ1) is 16.7. The van der Waals surface area contributed by atoms with Crippen LogP contribution in [0.25, 0.3) is 10.8 Å². The molecule has 1 atom stereocenters. The first-order chi connectivity index (χ1) is 12.1. The summed E-state index contributed by atoms with van der Waals surface area (Å²) in [5.41, 5.74) is 0.923. The van der Waals surface area contributed by atoms with Gasteiger partial charge in [0.25, 0.3) is 0 Å². The molecule has 0 saturated carbocycles. The van der Waals surface area contributed by atoms with Gasteiger partial charge in [0, 0.05) is 5.56 Å². The molecule has 0 N–H and O–H groups in total. The zero-order chi connectivity index (χ0) is 17.8. The van der Waals surface area contributed by atoms with Crippen molar-refractivity contribution in [3.63, 3.8) is 0 Å². The number of carbonyl (C=O) groups excluding carboxylic acids is 2. The molecule has 0 heterocycles. The van der Waals surface area contributed by atoms with Crippen molar-refractivity contribution in [2.24, 2.45) is 0 Å².